The number of methoxy groups -OCH3 is 1. The summed E-state index contributed by atoms with van der Waals surface area (Å²) in [5, 5.41) is 0. The van der Waals surface area contributed by atoms with Crippen LogP contribution in [0.1, 0.15) is 26.2 Å². The second kappa shape index (κ2) is 7.60. The fourth-order valence-electron chi connectivity index (χ4n) is 2.06. The van der Waals surface area contributed by atoms with Gasteiger partial charge >= 0.3 is 12.1 Å². The van der Waals surface area contributed by atoms with Gasteiger partial charge in [-0.1, -0.05) is 13.3 Å². The second-order valence-electron chi connectivity index (χ2n) is 4.82. The van der Waals surface area contributed by atoms with E-state index in [1.54, 1.807) is 0 Å². The number of hydrogen-bond donors (Lipinski definition) is 0. The Morgan fingerprint density at radius 3 is 2.52 bits per heavy atom. The summed E-state index contributed by atoms with van der Waals surface area (Å²) in [6, 6.07) is -0.893. The number of amides is 1. The van der Waals surface area contributed by atoms with Gasteiger partial charge in [0.15, 0.2) is 0 Å². The standard InChI is InChI=1S/C12H21NO7S/c1-4-5-6-19-12(15)13-8-9(20-21(3,16)17)7-10(13)11(14)18-2/h9-10H,4-8H2,1-3H3/t9?,10-/m0/s1. The maximum absolute atomic E-state index is 12.0. The minimum absolute atomic E-state index is 0.0300. The lowest BCUT2D eigenvalue weighted by Gasteiger charge is -2.21. The van der Waals surface area contributed by atoms with Crippen LogP contribution in [-0.2, 0) is 28.6 Å². The average Bonchev–Trinajstić information content (AvgIpc) is 2.79. The van der Waals surface area contributed by atoms with Crippen molar-refractivity contribution in [3.63, 3.8) is 0 Å². The fourth-order valence-corrected chi connectivity index (χ4v) is 2.70. The number of esters is 1. The van der Waals surface area contributed by atoms with Crippen molar-refractivity contribution in [2.75, 3.05) is 26.5 Å². The molecule has 21 heavy (non-hydrogen) atoms. The van der Waals surface area contributed by atoms with Crippen LogP contribution in [0.4, 0.5) is 4.79 Å². The van der Waals surface area contributed by atoms with Crippen molar-refractivity contribution >= 4 is 22.2 Å². The Balaban J connectivity index is 2.73. The van der Waals surface area contributed by atoms with E-state index in [1.165, 1.54) is 7.11 Å². The van der Waals surface area contributed by atoms with Crippen LogP contribution in [0, 0.1) is 0 Å². The maximum Gasteiger partial charge on any atom is 0.410 e. The van der Waals surface area contributed by atoms with E-state index in [1.807, 2.05) is 6.92 Å². The maximum atomic E-state index is 12.0. The molecule has 1 aliphatic rings. The van der Waals surface area contributed by atoms with Gasteiger partial charge in [0.1, 0.15) is 6.04 Å². The molecule has 1 fully saturated rings. The SMILES string of the molecule is CCCCOC(=O)N1CC(OS(C)(=O)=O)C[C@H]1C(=O)OC. The highest BCUT2D eigenvalue weighted by Gasteiger charge is 2.42. The van der Waals surface area contributed by atoms with Crippen molar-refractivity contribution in [3.05, 3.63) is 0 Å². The molecule has 0 aromatic rings. The van der Waals surface area contributed by atoms with Gasteiger partial charge in [-0.3, -0.25) is 9.08 Å². The Morgan fingerprint density at radius 1 is 1.33 bits per heavy atom. The molecular formula is C12H21NO7S. The third-order valence-corrected chi connectivity index (χ3v) is 3.63. The Kier molecular flexibility index (Phi) is 6.41. The molecule has 0 aliphatic carbocycles. The molecular weight excluding hydrogens is 302 g/mol. The van der Waals surface area contributed by atoms with Crippen molar-refractivity contribution in [2.45, 2.75) is 38.3 Å². The zero-order valence-electron chi connectivity index (χ0n) is 12.4. The van der Waals surface area contributed by atoms with Gasteiger partial charge in [-0.05, 0) is 6.42 Å². The van der Waals surface area contributed by atoms with Crippen molar-refractivity contribution in [1.29, 1.82) is 0 Å². The molecule has 2 atom stereocenters. The molecule has 122 valence electrons. The monoisotopic (exact) mass is 323 g/mol. The van der Waals surface area contributed by atoms with Gasteiger partial charge in [0, 0.05) is 6.42 Å². The summed E-state index contributed by atoms with van der Waals surface area (Å²) in [4.78, 5) is 24.8. The molecule has 0 saturated carbocycles. The van der Waals surface area contributed by atoms with Crippen LogP contribution in [0.3, 0.4) is 0 Å². The van der Waals surface area contributed by atoms with E-state index in [2.05, 4.69) is 4.74 Å². The first-order valence-electron chi connectivity index (χ1n) is 6.68. The molecule has 9 heteroatoms. The Morgan fingerprint density at radius 2 is 2.00 bits per heavy atom. The van der Waals surface area contributed by atoms with Gasteiger partial charge in [-0.2, -0.15) is 8.42 Å². The molecule has 1 saturated heterocycles. The Labute approximate surface area is 124 Å². The van der Waals surface area contributed by atoms with Crippen LogP contribution < -0.4 is 0 Å². The molecule has 1 heterocycles. The van der Waals surface area contributed by atoms with E-state index in [-0.39, 0.29) is 19.6 Å². The van der Waals surface area contributed by atoms with Gasteiger partial charge in [0.2, 0.25) is 0 Å². The van der Waals surface area contributed by atoms with Crippen molar-refractivity contribution in [1.82, 2.24) is 4.90 Å². The summed E-state index contributed by atoms with van der Waals surface area (Å²) in [6.45, 7) is 2.17. The lowest BCUT2D eigenvalue weighted by atomic mass is 10.2. The number of unbranched alkanes of at least 4 members (excludes halogenated alkanes) is 1. The molecule has 1 amide bonds. The first kappa shape index (κ1) is 17.7. The van der Waals surface area contributed by atoms with Gasteiger partial charge in [0.05, 0.1) is 32.6 Å². The smallest absolute Gasteiger partial charge is 0.410 e. The van der Waals surface area contributed by atoms with Crippen LogP contribution in [0.2, 0.25) is 0 Å². The van der Waals surface area contributed by atoms with Crippen LogP contribution in [-0.4, -0.2) is 64.0 Å². The molecule has 1 aliphatic heterocycles. The van der Waals surface area contributed by atoms with Crippen LogP contribution in [0.15, 0.2) is 0 Å². The highest BCUT2D eigenvalue weighted by Crippen LogP contribution is 2.23. The van der Waals surface area contributed by atoms with E-state index in [0.29, 0.717) is 6.42 Å². The summed E-state index contributed by atoms with van der Waals surface area (Å²) < 4.78 is 36.8. The quantitative estimate of drug-likeness (QED) is 0.399. The normalized spacial score (nSPS) is 22.1. The summed E-state index contributed by atoms with van der Waals surface area (Å²) in [5.41, 5.74) is 0. The lowest BCUT2D eigenvalue weighted by Crippen LogP contribution is -2.41. The fraction of sp³-hybridized carbons (Fsp3) is 0.833. The average molecular weight is 323 g/mol. The van der Waals surface area contributed by atoms with E-state index >= 15 is 0 Å². The third-order valence-electron chi connectivity index (χ3n) is 3.00. The predicted molar refractivity (Wildman–Crippen MR) is 73.1 cm³/mol. The zero-order valence-corrected chi connectivity index (χ0v) is 13.2. The van der Waals surface area contributed by atoms with Gasteiger partial charge in [-0.15, -0.1) is 0 Å². The van der Waals surface area contributed by atoms with Crippen LogP contribution in [0.5, 0.6) is 0 Å². The van der Waals surface area contributed by atoms with Crippen molar-refractivity contribution < 1.29 is 31.7 Å². The summed E-state index contributed by atoms with van der Waals surface area (Å²) in [6.07, 6.45) is 1.12. The predicted octanol–water partition coefficient (Wildman–Crippen LogP) is 0.515. The first-order valence-corrected chi connectivity index (χ1v) is 8.49. The number of carbonyl (C=O) groups excluding carboxylic acids is 2. The number of hydrogen-bond acceptors (Lipinski definition) is 7. The second-order valence-corrected chi connectivity index (χ2v) is 6.42. The molecule has 0 aromatic carbocycles. The van der Waals surface area contributed by atoms with Crippen molar-refractivity contribution in [2.24, 2.45) is 0 Å². The molecule has 0 spiro atoms. The largest absolute Gasteiger partial charge is 0.467 e. The zero-order chi connectivity index (χ0) is 16.0. The molecule has 1 rings (SSSR count). The minimum atomic E-state index is -3.66. The molecule has 0 aromatic heterocycles. The number of rotatable bonds is 6. The van der Waals surface area contributed by atoms with E-state index < -0.39 is 34.3 Å². The molecule has 0 radical (unpaired) electrons. The highest BCUT2D eigenvalue weighted by atomic mass is 32.2. The molecule has 0 N–H and O–H groups in total. The minimum Gasteiger partial charge on any atom is -0.467 e. The summed E-state index contributed by atoms with van der Waals surface area (Å²) >= 11 is 0. The van der Waals surface area contributed by atoms with E-state index in [0.717, 1.165) is 17.6 Å². The summed E-state index contributed by atoms with van der Waals surface area (Å²) in [5.74, 6) is -0.623. The molecule has 8 nitrogen and oxygen atoms in total. The van der Waals surface area contributed by atoms with Gasteiger partial charge in [0.25, 0.3) is 10.1 Å². The molecule has 1 unspecified atom stereocenters. The van der Waals surface area contributed by atoms with Gasteiger partial charge < -0.3 is 9.47 Å². The lowest BCUT2D eigenvalue weighted by molar-refractivity contribution is -0.145. The Bertz CT molecular complexity index is 476. The topological polar surface area (TPSA) is 99.2 Å². The highest BCUT2D eigenvalue weighted by molar-refractivity contribution is 7.86. The van der Waals surface area contributed by atoms with Crippen LogP contribution >= 0.6 is 0 Å². The number of nitrogens with zero attached hydrogens (tertiary/aromatic N) is 1. The summed E-state index contributed by atoms with van der Waals surface area (Å²) in [7, 11) is -2.46. The molecule has 0 bridgehead atoms. The Hall–Kier alpha value is -1.35. The van der Waals surface area contributed by atoms with Crippen molar-refractivity contribution in [3.8, 4) is 0 Å². The van der Waals surface area contributed by atoms with Gasteiger partial charge in [-0.25, -0.2) is 9.59 Å². The third kappa shape index (κ3) is 5.50. The number of likely N-dealkylation sites (tertiary alicyclic amines) is 1. The van der Waals surface area contributed by atoms with Crippen LogP contribution in [0.25, 0.3) is 0 Å². The van der Waals surface area contributed by atoms with E-state index in [4.69, 9.17) is 8.92 Å². The van der Waals surface area contributed by atoms with E-state index in [9.17, 15) is 18.0 Å². The first-order chi connectivity index (χ1) is 9.78. The number of ether oxygens (including phenoxy) is 2. The number of carbonyl (C=O) groups is 2.